The van der Waals surface area contributed by atoms with E-state index >= 15 is 0 Å². The molecule has 4 unspecified atom stereocenters. The second-order valence-electron chi connectivity index (χ2n) is 28.8. The Bertz CT molecular complexity index is 4040. The summed E-state index contributed by atoms with van der Waals surface area (Å²) in [6.45, 7) is 22.4. The van der Waals surface area contributed by atoms with E-state index in [0.717, 1.165) is 30.8 Å². The van der Waals surface area contributed by atoms with Gasteiger partial charge in [-0.15, -0.1) is 0 Å². The minimum Gasteiger partial charge on any atom is -0.386 e. The van der Waals surface area contributed by atoms with Crippen LogP contribution in [-0.2, 0) is 84.2 Å². The van der Waals surface area contributed by atoms with Gasteiger partial charge in [-0.1, -0.05) is 91.0 Å². The van der Waals surface area contributed by atoms with Crippen LogP contribution in [-0.4, -0.2) is 242 Å². The SMILES string of the molecule is [2H]/C(=C\P(=O)(O)CO)[C@H]1OC[C@H](F)[C@@H]1OC(C)C.[2H]/C(=C\P(=O)(O)CO)[C@H]1O[C@@H](c2ccccc2)[C@H](F)[C@@H]1OC(C)C.[2H]/C(=C\P(=O)(O)O)[C@H]1OC[C@H](F)[C@@H]1OC(C)C.[2H]/C(=C\P(=O)(O)O)[C@H]1O[C@@H](c2ccccc2)[C@H](F)[C@@H]1OC(C)C.[2H]/C(=C\P(C)(=O)O)[C@H]1OC[C@H](F)[C@@H]1OC(C)C.[2H]/C(=C\P(C)(=O)O)[C@H]1O[C@@H](c2ccccc2)[C@H](F)[C@@H]1OC(C)C. The van der Waals surface area contributed by atoms with Crippen LogP contribution >= 0.6 is 44.7 Å². The summed E-state index contributed by atoms with van der Waals surface area (Å²) in [6.07, 6.45) is -27.2. The van der Waals surface area contributed by atoms with Gasteiger partial charge < -0.3 is 106 Å². The van der Waals surface area contributed by atoms with E-state index in [1.165, 1.54) is 0 Å². The molecule has 28 nitrogen and oxygen atoms in total. The molecule has 0 bridgehead atoms. The summed E-state index contributed by atoms with van der Waals surface area (Å²) in [5.74, 6) is 4.22. The number of rotatable bonds is 29. The Morgan fingerprint density at radius 1 is 0.353 bits per heavy atom. The van der Waals surface area contributed by atoms with Crippen molar-refractivity contribution in [1.29, 1.82) is 0 Å². The summed E-state index contributed by atoms with van der Waals surface area (Å²) in [5.41, 5.74) is 1.84. The quantitative estimate of drug-likeness (QED) is 0.0228. The van der Waals surface area contributed by atoms with E-state index < -0.39 is 198 Å². The summed E-state index contributed by atoms with van der Waals surface area (Å²) >= 11 is 0. The van der Waals surface area contributed by atoms with Gasteiger partial charge in [0.1, 0.15) is 104 Å². The molecule has 10 N–H and O–H groups in total. The van der Waals surface area contributed by atoms with Gasteiger partial charge in [0.05, 0.1) is 64.7 Å². The fourth-order valence-electron chi connectivity index (χ4n) is 11.2. The fourth-order valence-corrected chi connectivity index (χ4v) is 13.7. The summed E-state index contributed by atoms with van der Waals surface area (Å²) in [4.78, 5) is 72.7. The third kappa shape index (κ3) is 38.3. The number of alkyl halides is 6. The van der Waals surface area contributed by atoms with Crippen molar-refractivity contribution in [1.82, 2.24) is 0 Å². The number of hydrogen-bond acceptors (Lipinski definition) is 20. The second kappa shape index (κ2) is 48.9. The highest BCUT2D eigenvalue weighted by molar-refractivity contribution is 7.61. The van der Waals surface area contributed by atoms with Crippen molar-refractivity contribution in [2.75, 3.05) is 45.8 Å². The topological polar surface area (TPSA) is 415 Å². The van der Waals surface area contributed by atoms with Crippen molar-refractivity contribution in [3.63, 3.8) is 0 Å². The Balaban J connectivity index is 0.000000309. The zero-order valence-electron chi connectivity index (χ0n) is 72.5. The average Bonchev–Trinajstić information content (AvgIpc) is 1.65. The van der Waals surface area contributed by atoms with Crippen LogP contribution in [0.3, 0.4) is 0 Å². The van der Waals surface area contributed by atoms with Crippen LogP contribution < -0.4 is 0 Å². The molecule has 9 rings (SSSR count). The summed E-state index contributed by atoms with van der Waals surface area (Å²) < 4.78 is 264. The van der Waals surface area contributed by atoms with Gasteiger partial charge in [0.2, 0.25) is 29.5 Å². The first-order valence-corrected chi connectivity index (χ1v) is 48.3. The van der Waals surface area contributed by atoms with E-state index in [0.29, 0.717) is 34.1 Å². The highest BCUT2D eigenvalue weighted by atomic mass is 31.2. The van der Waals surface area contributed by atoms with Gasteiger partial charge in [-0.25, -0.2) is 26.3 Å². The predicted octanol–water partition coefficient (Wildman–Crippen LogP) is 14.0. The average molecular weight is 1780 g/mol. The van der Waals surface area contributed by atoms with Crippen molar-refractivity contribution < 1.29 is 168 Å². The molecule has 0 aliphatic carbocycles. The maximum Gasteiger partial charge on any atom is 0.348 e. The van der Waals surface area contributed by atoms with Crippen LogP contribution in [0.1, 0.15) is 126 Å². The fraction of sp³-hybridized carbons (Fsp3) is 0.605. The molecular formula is C76H116F6O28P6. The zero-order chi connectivity index (χ0) is 92.7. The van der Waals surface area contributed by atoms with E-state index in [1.807, 2.05) is 6.07 Å². The van der Waals surface area contributed by atoms with Crippen LogP contribution in [0.25, 0.3) is 0 Å². The molecule has 6 heterocycles. The molecule has 0 spiro atoms. The smallest absolute Gasteiger partial charge is 0.348 e. The number of aliphatic hydroxyl groups is 2. The van der Waals surface area contributed by atoms with Gasteiger partial charge >= 0.3 is 15.2 Å². The first-order valence-electron chi connectivity index (χ1n) is 39.7. The number of halogens is 6. The predicted molar refractivity (Wildman–Crippen MR) is 425 cm³/mol. The highest BCUT2D eigenvalue weighted by Gasteiger charge is 2.49. The van der Waals surface area contributed by atoms with E-state index in [2.05, 4.69) is 0 Å². The van der Waals surface area contributed by atoms with Crippen molar-refractivity contribution >= 4 is 44.7 Å². The van der Waals surface area contributed by atoms with Crippen LogP contribution in [0.5, 0.6) is 0 Å². The molecule has 660 valence electrons. The number of hydrogen-bond donors (Lipinski definition) is 10. The summed E-state index contributed by atoms with van der Waals surface area (Å²) in [5, 5.41) is 17.6. The second-order valence-corrected chi connectivity index (χ2v) is 40.1. The number of aliphatic hydroxyl groups excluding tert-OH is 2. The number of benzene rings is 3. The van der Waals surface area contributed by atoms with Crippen LogP contribution in [0.15, 0.2) is 162 Å². The molecule has 116 heavy (non-hydrogen) atoms. The third-order valence-corrected chi connectivity index (χ3v) is 20.0. The van der Waals surface area contributed by atoms with Crippen molar-refractivity contribution in [2.24, 2.45) is 0 Å². The largest absolute Gasteiger partial charge is 0.386 e. The Labute approximate surface area is 683 Å². The Kier molecular flexibility index (Phi) is 39.8. The maximum atomic E-state index is 14.9. The summed E-state index contributed by atoms with van der Waals surface area (Å²) in [7, 11) is -24.0. The van der Waals surface area contributed by atoms with Gasteiger partial charge in [0, 0.05) is 36.6 Å². The van der Waals surface area contributed by atoms with Gasteiger partial charge in [0.25, 0.3) is 0 Å². The Morgan fingerprint density at radius 3 is 0.784 bits per heavy atom. The van der Waals surface area contributed by atoms with E-state index in [1.54, 1.807) is 168 Å². The minimum atomic E-state index is -4.55. The molecule has 3 aromatic carbocycles. The lowest BCUT2D eigenvalue weighted by Gasteiger charge is -2.20. The maximum absolute atomic E-state index is 14.9. The molecule has 6 aliphatic rings. The Morgan fingerprint density at radius 2 is 0.560 bits per heavy atom. The number of ether oxygens (including phenoxy) is 12. The standard InChI is InChI=1S/C16H22FO5P.C16H22FO4P.C15H20FO5P.C10H18FO5P.C10H18FO4P.C9H16FO5P/c1-11(2)21-16-13(8-9-23(19,20)10-18)22-15(14(16)17)12-6-4-3-5-7-12;1-11(2)20-16-13(9-10-22(3,18)19)21-15(14(16)17)12-7-5-4-6-8-12;1-10(2)20-15-12(8-9-22(17,18)19)21-14(13(15)16)11-6-4-3-5-7-11;1-7(2)16-10-8(11)5-15-9(10)3-4-17(13,14)6-12;1-7(2)15-10-8(11)6-14-9(10)4-5-16(3,12)13;1-6(2)15-9-7(10)5-14-8(9)3-4-16(11,12)13/h3-9,11,13-16,18H,10H2,1-2H3,(H,19,20);4-11,13-16H,1-3H3,(H,18,19);3-10,12-15H,1-2H3,(H2,17,18,19);3-4,7-10,12H,5-6H2,1-2H3,(H,13,14);4-5,7-10H,6H2,1-3H3,(H,12,13);3-4,6-9H,5H2,1-2H3,(H2,11,12,13)/b9-8+;10-9+;9-8+;4-3+;5-4+;4-3+/t2*13-,14+,15+,16-;12-,13+,14+,15-;2*8-,9+,10-;7-,8+,9-/m111000/s1/i8D;9D;8D;3D;4D;3D. The van der Waals surface area contributed by atoms with Crippen LogP contribution in [0, 0.1) is 0 Å². The summed E-state index contributed by atoms with van der Waals surface area (Å²) in [6, 6.07) is 24.2. The van der Waals surface area contributed by atoms with E-state index in [9.17, 15) is 68.4 Å². The molecule has 0 aromatic heterocycles. The molecule has 3 aromatic rings. The van der Waals surface area contributed by atoms with Crippen molar-refractivity contribution in [3.8, 4) is 0 Å². The lowest BCUT2D eigenvalue weighted by atomic mass is 10.0. The lowest BCUT2D eigenvalue weighted by molar-refractivity contribution is -0.0388. The van der Waals surface area contributed by atoms with E-state index in [4.69, 9.17) is 99.7 Å². The molecule has 6 fully saturated rings. The van der Waals surface area contributed by atoms with Crippen LogP contribution in [0.4, 0.5) is 26.3 Å². The first kappa shape index (κ1) is 94.4. The molecular weight excluding hydrogens is 1660 g/mol. The first-order chi connectivity index (χ1) is 56.3. The highest BCUT2D eigenvalue weighted by Crippen LogP contribution is 2.47. The lowest BCUT2D eigenvalue weighted by Crippen LogP contribution is -2.32. The van der Waals surface area contributed by atoms with Gasteiger partial charge in [-0.3, -0.25) is 27.4 Å². The third-order valence-electron chi connectivity index (χ3n) is 15.9. The molecule has 0 saturated carbocycles. The van der Waals surface area contributed by atoms with Gasteiger partial charge in [-0.05, 0) is 148 Å². The van der Waals surface area contributed by atoms with Gasteiger partial charge in [0.15, 0.2) is 37.0 Å². The molecule has 0 radical (unpaired) electrons. The Hall–Kier alpha value is -3.82. The normalized spacial score (nSPS) is 33.1. The van der Waals surface area contributed by atoms with E-state index in [-0.39, 0.29) is 80.7 Å². The molecule has 40 heteroatoms. The van der Waals surface area contributed by atoms with Crippen molar-refractivity contribution in [3.05, 3.63) is 179 Å². The molecule has 25 atom stereocenters. The molecule has 6 aliphatic heterocycles. The molecule has 0 amide bonds. The van der Waals surface area contributed by atoms with Crippen LogP contribution in [0.2, 0.25) is 0 Å². The zero-order valence-corrected chi connectivity index (χ0v) is 71.9. The minimum absolute atomic E-state index is 0.155. The van der Waals surface area contributed by atoms with Gasteiger partial charge in [-0.2, -0.15) is 0 Å². The monoisotopic (exact) mass is 1780 g/mol. The molecule has 6 saturated heterocycles. The van der Waals surface area contributed by atoms with Crippen molar-refractivity contribution in [2.45, 2.75) is 248 Å².